The molecule has 28 heavy (non-hydrogen) atoms. The summed E-state index contributed by atoms with van der Waals surface area (Å²) in [6, 6.07) is 0. The molecule has 0 bridgehead atoms. The van der Waals surface area contributed by atoms with Gasteiger partial charge in [-0.2, -0.15) is 0 Å². The van der Waals surface area contributed by atoms with Gasteiger partial charge < -0.3 is 37.5 Å². The SMILES string of the molecule is Cc1cnc([NH-])c(=O)n1CC(=O)NC(C)(C)CC(C)(C)CCNN=C(N)N.[W]. The van der Waals surface area contributed by atoms with E-state index >= 15 is 0 Å². The van der Waals surface area contributed by atoms with Gasteiger partial charge in [0.2, 0.25) is 17.4 Å². The second-order valence-electron chi connectivity index (χ2n) is 8.11. The number of guanidine groups is 1. The third-order valence-corrected chi connectivity index (χ3v) is 4.08. The van der Waals surface area contributed by atoms with Crippen molar-refractivity contribution >= 4 is 17.7 Å². The minimum absolute atomic E-state index is 0. The third kappa shape index (κ3) is 8.73. The van der Waals surface area contributed by atoms with E-state index in [2.05, 4.69) is 34.7 Å². The Bertz CT molecular complexity index is 754. The first-order valence-electron chi connectivity index (χ1n) is 8.73. The van der Waals surface area contributed by atoms with E-state index in [9.17, 15) is 9.59 Å². The predicted molar refractivity (Wildman–Crippen MR) is 106 cm³/mol. The molecule has 0 aliphatic rings. The molecule has 1 aromatic heterocycles. The maximum absolute atomic E-state index is 12.5. The molecule has 0 atom stereocenters. The number of nitrogens with one attached hydrogen (secondary N) is 3. The maximum atomic E-state index is 12.5. The van der Waals surface area contributed by atoms with Crippen LogP contribution in [0.15, 0.2) is 16.1 Å². The Hall–Kier alpha value is -2.09. The minimum atomic E-state index is -0.575. The van der Waals surface area contributed by atoms with Gasteiger partial charge in [0.15, 0.2) is 0 Å². The molecule has 1 heterocycles. The Labute approximate surface area is 180 Å². The average Bonchev–Trinajstić information content (AvgIpc) is 2.50. The van der Waals surface area contributed by atoms with Gasteiger partial charge in [0.1, 0.15) is 6.54 Å². The molecule has 1 amide bonds. The number of carbonyl (C=O) groups is 1. The van der Waals surface area contributed by atoms with Gasteiger partial charge in [-0.15, -0.1) is 5.10 Å². The van der Waals surface area contributed by atoms with Crippen LogP contribution in [0.3, 0.4) is 0 Å². The van der Waals surface area contributed by atoms with Crippen molar-refractivity contribution in [1.82, 2.24) is 20.3 Å². The molecule has 1 aromatic rings. The average molecular weight is 563 g/mol. The first kappa shape index (κ1) is 25.9. The van der Waals surface area contributed by atoms with Gasteiger partial charge in [0, 0.05) is 44.7 Å². The Morgan fingerprint density at radius 2 is 1.93 bits per heavy atom. The number of nitrogens with zero attached hydrogens (tertiary/aromatic N) is 3. The van der Waals surface area contributed by atoms with E-state index in [1.807, 2.05) is 13.8 Å². The van der Waals surface area contributed by atoms with Crippen LogP contribution in [0.1, 0.15) is 46.2 Å². The number of aromatic nitrogens is 2. The van der Waals surface area contributed by atoms with Crippen LogP contribution >= 0.6 is 0 Å². The van der Waals surface area contributed by atoms with Crippen molar-refractivity contribution in [2.45, 2.75) is 59.5 Å². The van der Waals surface area contributed by atoms with E-state index in [1.54, 1.807) is 6.92 Å². The maximum Gasteiger partial charge on any atom is 0.249 e. The zero-order chi connectivity index (χ0) is 20.8. The van der Waals surface area contributed by atoms with E-state index in [0.29, 0.717) is 18.7 Å². The Morgan fingerprint density at radius 3 is 2.50 bits per heavy atom. The van der Waals surface area contributed by atoms with Gasteiger partial charge in [-0.1, -0.05) is 20.0 Å². The van der Waals surface area contributed by atoms with Crippen molar-refractivity contribution in [1.29, 1.82) is 0 Å². The van der Waals surface area contributed by atoms with E-state index in [4.69, 9.17) is 17.2 Å². The Morgan fingerprint density at radius 1 is 1.32 bits per heavy atom. The van der Waals surface area contributed by atoms with Crippen LogP contribution in [0, 0.1) is 12.3 Å². The van der Waals surface area contributed by atoms with Crippen LogP contribution in [0.25, 0.3) is 5.73 Å². The summed E-state index contributed by atoms with van der Waals surface area (Å²) in [7, 11) is 0. The van der Waals surface area contributed by atoms with Gasteiger partial charge in [0.05, 0.1) is 0 Å². The number of nitrogens with two attached hydrogens (primary N) is 2. The largest absolute Gasteiger partial charge is 0.478 e. The van der Waals surface area contributed by atoms with Crippen molar-refractivity contribution < 1.29 is 25.9 Å². The predicted octanol–water partition coefficient (Wildman–Crippen LogP) is 0.712. The number of aryl methyl sites for hydroxylation is 1. The van der Waals surface area contributed by atoms with Crippen molar-refractivity contribution in [3.63, 3.8) is 0 Å². The topological polar surface area (TPSA) is 164 Å². The van der Waals surface area contributed by atoms with Crippen LogP contribution in [0.4, 0.5) is 5.82 Å². The summed E-state index contributed by atoms with van der Waals surface area (Å²) in [6.45, 7) is 10.2. The van der Waals surface area contributed by atoms with Crippen molar-refractivity contribution in [3.8, 4) is 0 Å². The number of hydrazone groups is 1. The van der Waals surface area contributed by atoms with Crippen LogP contribution in [0.2, 0.25) is 0 Å². The van der Waals surface area contributed by atoms with Crippen LogP contribution < -0.4 is 27.8 Å². The summed E-state index contributed by atoms with van der Waals surface area (Å²) < 4.78 is 1.25. The fourth-order valence-corrected chi connectivity index (χ4v) is 3.20. The van der Waals surface area contributed by atoms with E-state index in [0.717, 1.165) is 6.42 Å². The number of rotatable bonds is 9. The molecular weight excluding hydrogens is 532 g/mol. The van der Waals surface area contributed by atoms with E-state index in [1.165, 1.54) is 10.8 Å². The van der Waals surface area contributed by atoms with Crippen molar-refractivity contribution in [3.05, 3.63) is 28.0 Å². The van der Waals surface area contributed by atoms with Gasteiger partial charge in [-0.05, 0) is 39.0 Å². The summed E-state index contributed by atoms with van der Waals surface area (Å²) >= 11 is 0. The van der Waals surface area contributed by atoms with E-state index < -0.39 is 11.1 Å². The summed E-state index contributed by atoms with van der Waals surface area (Å²) in [5.74, 6) is -0.676. The second-order valence-corrected chi connectivity index (χ2v) is 8.11. The molecule has 0 spiro atoms. The molecule has 0 fully saturated rings. The molecule has 0 saturated carbocycles. The first-order chi connectivity index (χ1) is 12.3. The van der Waals surface area contributed by atoms with Crippen molar-refractivity contribution in [2.75, 3.05) is 6.54 Å². The molecule has 7 N–H and O–H groups in total. The number of hydrogen-bond acceptors (Lipinski definition) is 5. The second kappa shape index (κ2) is 10.5. The van der Waals surface area contributed by atoms with Gasteiger partial charge >= 0.3 is 0 Å². The van der Waals surface area contributed by atoms with Gasteiger partial charge in [-0.3, -0.25) is 9.59 Å². The van der Waals surface area contributed by atoms with Gasteiger partial charge in [0.25, 0.3) is 0 Å². The van der Waals surface area contributed by atoms with Gasteiger partial charge in [-0.25, -0.2) is 0 Å². The molecule has 11 heteroatoms. The number of carbonyl (C=O) groups excluding carboxylic acids is 1. The van der Waals surface area contributed by atoms with Crippen LogP contribution in [-0.4, -0.2) is 33.5 Å². The first-order valence-corrected chi connectivity index (χ1v) is 8.73. The fraction of sp³-hybridized carbons (Fsp3) is 0.647. The quantitative estimate of drug-likeness (QED) is 0.150. The third-order valence-electron chi connectivity index (χ3n) is 4.08. The molecule has 0 saturated heterocycles. The normalized spacial score (nSPS) is 11.3. The fourth-order valence-electron chi connectivity index (χ4n) is 3.20. The van der Waals surface area contributed by atoms with Crippen molar-refractivity contribution in [2.24, 2.45) is 22.0 Å². The Balaban J connectivity index is 0.00000729. The summed E-state index contributed by atoms with van der Waals surface area (Å²) in [5.41, 5.74) is 20.2. The monoisotopic (exact) mass is 563 g/mol. The standard InChI is InChI=1S/C17H32N8O2.W/c1-11-8-21-13(18)14(27)25(11)9-12(26)23-17(4,5)10-16(2,3)6-7-22-24-15(19)20;/h8H,6-7,9-10H2,1-5H3,(H8,18,19,20,21,22,23,24,26,27);/p-1. The smallest absolute Gasteiger partial charge is 0.249 e. The molecular formula is C17H31N8O2W-. The Kier molecular flexibility index (Phi) is 9.67. The molecule has 10 nitrogen and oxygen atoms in total. The van der Waals surface area contributed by atoms with E-state index in [-0.39, 0.29) is 50.7 Å². The van der Waals surface area contributed by atoms with Crippen LogP contribution in [0.5, 0.6) is 0 Å². The summed E-state index contributed by atoms with van der Waals surface area (Å²) in [4.78, 5) is 28.2. The summed E-state index contributed by atoms with van der Waals surface area (Å²) in [6.07, 6.45) is 2.92. The molecule has 1 rings (SSSR count). The number of hydrogen-bond donors (Lipinski definition) is 4. The number of amides is 1. The molecule has 0 aliphatic carbocycles. The summed E-state index contributed by atoms with van der Waals surface area (Å²) in [5, 5.41) is 6.72. The molecule has 158 valence electrons. The molecule has 0 aromatic carbocycles. The molecule has 0 unspecified atom stereocenters. The minimum Gasteiger partial charge on any atom is -0.478 e. The van der Waals surface area contributed by atoms with Crippen LogP contribution in [-0.2, 0) is 32.4 Å². The molecule has 0 radical (unpaired) electrons. The zero-order valence-corrected chi connectivity index (χ0v) is 20.1. The molecule has 0 aliphatic heterocycles. The zero-order valence-electron chi connectivity index (χ0n) is 17.1.